The Balaban J connectivity index is 2.28. The monoisotopic (exact) mass is 294 g/mol. The number of hydrogen-bond donors (Lipinski definition) is 2. The SMILES string of the molecule is Cc1ccccc1NC(CN)c1cccc(C(F)(F)F)c1. The number of nitrogens with two attached hydrogens (primary N) is 1. The second kappa shape index (κ2) is 6.18. The van der Waals surface area contributed by atoms with Gasteiger partial charge in [0, 0.05) is 12.2 Å². The van der Waals surface area contributed by atoms with E-state index in [1.54, 1.807) is 6.07 Å². The van der Waals surface area contributed by atoms with E-state index in [1.807, 2.05) is 31.2 Å². The van der Waals surface area contributed by atoms with Gasteiger partial charge < -0.3 is 11.1 Å². The number of aryl methyl sites for hydroxylation is 1. The molecule has 112 valence electrons. The van der Waals surface area contributed by atoms with Gasteiger partial charge in [-0.3, -0.25) is 0 Å². The zero-order valence-electron chi connectivity index (χ0n) is 11.6. The molecule has 1 atom stereocenters. The summed E-state index contributed by atoms with van der Waals surface area (Å²) >= 11 is 0. The number of anilines is 1. The molecule has 0 radical (unpaired) electrons. The Hall–Kier alpha value is -2.01. The molecule has 0 spiro atoms. The molecule has 0 bridgehead atoms. The van der Waals surface area contributed by atoms with Gasteiger partial charge in [-0.25, -0.2) is 0 Å². The number of hydrogen-bond acceptors (Lipinski definition) is 2. The van der Waals surface area contributed by atoms with E-state index in [0.29, 0.717) is 5.56 Å². The number of rotatable bonds is 4. The molecule has 2 nitrogen and oxygen atoms in total. The lowest BCUT2D eigenvalue weighted by molar-refractivity contribution is -0.137. The highest BCUT2D eigenvalue weighted by atomic mass is 19.4. The molecule has 0 aliphatic rings. The van der Waals surface area contributed by atoms with Gasteiger partial charge in [-0.2, -0.15) is 13.2 Å². The van der Waals surface area contributed by atoms with Gasteiger partial charge >= 0.3 is 6.18 Å². The van der Waals surface area contributed by atoms with Gasteiger partial charge in [0.1, 0.15) is 0 Å². The molecule has 2 aromatic carbocycles. The minimum absolute atomic E-state index is 0.204. The van der Waals surface area contributed by atoms with Crippen LogP contribution in [0.5, 0.6) is 0 Å². The summed E-state index contributed by atoms with van der Waals surface area (Å²) in [4.78, 5) is 0. The molecule has 0 amide bonds. The summed E-state index contributed by atoms with van der Waals surface area (Å²) in [5, 5.41) is 3.20. The van der Waals surface area contributed by atoms with Crippen molar-refractivity contribution < 1.29 is 13.2 Å². The van der Waals surface area contributed by atoms with Crippen molar-refractivity contribution in [3.8, 4) is 0 Å². The normalized spacial score (nSPS) is 13.0. The molecular weight excluding hydrogens is 277 g/mol. The van der Waals surface area contributed by atoms with Crippen LogP contribution < -0.4 is 11.1 Å². The summed E-state index contributed by atoms with van der Waals surface area (Å²) in [6.07, 6.45) is -4.35. The minimum atomic E-state index is -4.35. The van der Waals surface area contributed by atoms with Crippen molar-refractivity contribution in [3.05, 3.63) is 65.2 Å². The van der Waals surface area contributed by atoms with Gasteiger partial charge in [0.15, 0.2) is 0 Å². The first kappa shape index (κ1) is 15.4. The van der Waals surface area contributed by atoms with E-state index in [1.165, 1.54) is 6.07 Å². The van der Waals surface area contributed by atoms with Gasteiger partial charge in [0.05, 0.1) is 11.6 Å². The van der Waals surface area contributed by atoms with Gasteiger partial charge in [-0.1, -0.05) is 30.3 Å². The Morgan fingerprint density at radius 3 is 2.43 bits per heavy atom. The van der Waals surface area contributed by atoms with Crippen molar-refractivity contribution in [1.29, 1.82) is 0 Å². The molecule has 2 rings (SSSR count). The molecule has 0 saturated carbocycles. The molecule has 0 aromatic heterocycles. The summed E-state index contributed by atoms with van der Waals surface area (Å²) in [6, 6.07) is 12.5. The molecule has 0 heterocycles. The van der Waals surface area contributed by atoms with Gasteiger partial charge in [0.25, 0.3) is 0 Å². The number of benzene rings is 2. The van der Waals surface area contributed by atoms with E-state index in [-0.39, 0.29) is 12.6 Å². The predicted molar refractivity (Wildman–Crippen MR) is 78.0 cm³/mol. The molecule has 0 fully saturated rings. The van der Waals surface area contributed by atoms with Gasteiger partial charge in [0.2, 0.25) is 0 Å². The molecule has 2 aromatic rings. The van der Waals surface area contributed by atoms with Crippen LogP contribution in [0.25, 0.3) is 0 Å². The second-order valence-electron chi connectivity index (χ2n) is 4.87. The summed E-state index contributed by atoms with van der Waals surface area (Å²) in [5.41, 5.74) is 7.46. The Bertz CT molecular complexity index is 608. The van der Waals surface area contributed by atoms with E-state index in [4.69, 9.17) is 5.73 Å². The van der Waals surface area contributed by atoms with Crippen molar-refractivity contribution in [2.75, 3.05) is 11.9 Å². The van der Waals surface area contributed by atoms with Crippen molar-refractivity contribution >= 4 is 5.69 Å². The van der Waals surface area contributed by atoms with Crippen molar-refractivity contribution in [3.63, 3.8) is 0 Å². The molecule has 0 saturated heterocycles. The van der Waals surface area contributed by atoms with Gasteiger partial charge in [-0.05, 0) is 36.2 Å². The first-order chi connectivity index (χ1) is 9.91. The predicted octanol–water partition coefficient (Wildman–Crippen LogP) is 4.13. The van der Waals surface area contributed by atoms with E-state index >= 15 is 0 Å². The summed E-state index contributed by atoms with van der Waals surface area (Å²) in [6.45, 7) is 2.14. The first-order valence-corrected chi connectivity index (χ1v) is 6.61. The van der Waals surface area contributed by atoms with Crippen LogP contribution in [0.1, 0.15) is 22.7 Å². The highest BCUT2D eigenvalue weighted by molar-refractivity contribution is 5.52. The third kappa shape index (κ3) is 3.76. The maximum Gasteiger partial charge on any atom is 0.416 e. The van der Waals surface area contributed by atoms with Crippen LogP contribution in [0.15, 0.2) is 48.5 Å². The van der Waals surface area contributed by atoms with Crippen LogP contribution >= 0.6 is 0 Å². The summed E-state index contributed by atoms with van der Waals surface area (Å²) < 4.78 is 38.3. The molecule has 5 heteroatoms. The number of para-hydroxylation sites is 1. The lowest BCUT2D eigenvalue weighted by atomic mass is 10.0. The van der Waals surface area contributed by atoms with Crippen molar-refractivity contribution in [2.45, 2.75) is 19.1 Å². The molecule has 1 unspecified atom stereocenters. The summed E-state index contributed by atoms with van der Waals surface area (Å²) in [7, 11) is 0. The Morgan fingerprint density at radius 1 is 1.10 bits per heavy atom. The van der Waals surface area contributed by atoms with Crippen LogP contribution in [0, 0.1) is 6.92 Å². The van der Waals surface area contributed by atoms with Gasteiger partial charge in [-0.15, -0.1) is 0 Å². The third-order valence-corrected chi connectivity index (χ3v) is 3.33. The largest absolute Gasteiger partial charge is 0.416 e. The highest BCUT2D eigenvalue weighted by Gasteiger charge is 2.30. The van der Waals surface area contributed by atoms with Crippen LogP contribution in [0.4, 0.5) is 18.9 Å². The molecular formula is C16H17F3N2. The Morgan fingerprint density at radius 2 is 1.81 bits per heavy atom. The quantitative estimate of drug-likeness (QED) is 0.890. The van der Waals surface area contributed by atoms with Crippen LogP contribution in [-0.4, -0.2) is 6.54 Å². The standard InChI is InChI=1S/C16H17F3N2/c1-11-5-2-3-8-14(11)21-15(10-20)12-6-4-7-13(9-12)16(17,18)19/h2-9,15,21H,10,20H2,1H3. The average Bonchev–Trinajstić information content (AvgIpc) is 2.46. The zero-order valence-corrected chi connectivity index (χ0v) is 11.6. The first-order valence-electron chi connectivity index (χ1n) is 6.61. The Kier molecular flexibility index (Phi) is 4.53. The maximum atomic E-state index is 12.8. The van der Waals surface area contributed by atoms with Crippen LogP contribution in [0.3, 0.4) is 0 Å². The molecule has 0 aliphatic carbocycles. The number of halogens is 3. The minimum Gasteiger partial charge on any atom is -0.377 e. The fourth-order valence-corrected chi connectivity index (χ4v) is 2.13. The number of nitrogens with one attached hydrogen (secondary N) is 1. The third-order valence-electron chi connectivity index (χ3n) is 3.33. The fraction of sp³-hybridized carbons (Fsp3) is 0.250. The zero-order chi connectivity index (χ0) is 15.5. The van der Waals surface area contributed by atoms with Crippen molar-refractivity contribution in [2.24, 2.45) is 5.73 Å². The fourth-order valence-electron chi connectivity index (χ4n) is 2.13. The lowest BCUT2D eigenvalue weighted by Crippen LogP contribution is -2.21. The smallest absolute Gasteiger partial charge is 0.377 e. The lowest BCUT2D eigenvalue weighted by Gasteiger charge is -2.21. The second-order valence-corrected chi connectivity index (χ2v) is 4.87. The average molecular weight is 294 g/mol. The van der Waals surface area contributed by atoms with E-state index in [2.05, 4.69) is 5.32 Å². The van der Waals surface area contributed by atoms with Crippen LogP contribution in [-0.2, 0) is 6.18 Å². The maximum absolute atomic E-state index is 12.8. The summed E-state index contributed by atoms with van der Waals surface area (Å²) in [5.74, 6) is 0. The van der Waals surface area contributed by atoms with Crippen molar-refractivity contribution in [1.82, 2.24) is 0 Å². The molecule has 0 aliphatic heterocycles. The van der Waals surface area contributed by atoms with E-state index in [9.17, 15) is 13.2 Å². The van der Waals surface area contributed by atoms with E-state index in [0.717, 1.165) is 23.4 Å². The molecule has 3 N–H and O–H groups in total. The topological polar surface area (TPSA) is 38.0 Å². The van der Waals surface area contributed by atoms with E-state index < -0.39 is 11.7 Å². The molecule has 21 heavy (non-hydrogen) atoms. The van der Waals surface area contributed by atoms with Crippen LogP contribution in [0.2, 0.25) is 0 Å². The number of alkyl halides is 3. The highest BCUT2D eigenvalue weighted by Crippen LogP contribution is 2.31. The Labute approximate surface area is 121 Å².